The van der Waals surface area contributed by atoms with Crippen molar-refractivity contribution in [3.8, 4) is 0 Å². The molecule has 0 aliphatic heterocycles. The lowest BCUT2D eigenvalue weighted by molar-refractivity contribution is -0.113. The van der Waals surface area contributed by atoms with Gasteiger partial charge in [0.2, 0.25) is 5.91 Å². The number of hydrogen-bond donors (Lipinski definition) is 3. The Kier molecular flexibility index (Phi) is 3.12. The SMILES string of the molecule is C/C(=C/C(N)=O)Nc1ccc(N)cc1. The van der Waals surface area contributed by atoms with E-state index in [0.717, 1.165) is 5.69 Å². The van der Waals surface area contributed by atoms with Crippen LogP contribution in [0, 0.1) is 0 Å². The summed E-state index contributed by atoms with van der Waals surface area (Å²) in [6.07, 6.45) is 1.33. The molecular formula is C10H13N3O. The molecule has 0 fully saturated rings. The first kappa shape index (κ1) is 10.1. The van der Waals surface area contributed by atoms with Gasteiger partial charge in [-0.25, -0.2) is 0 Å². The third-order valence-electron chi connectivity index (χ3n) is 1.61. The van der Waals surface area contributed by atoms with Crippen LogP contribution in [0.25, 0.3) is 0 Å². The standard InChI is InChI=1S/C10H13N3O/c1-7(6-10(12)14)13-9-4-2-8(11)3-5-9/h2-6,13H,11H2,1H3,(H2,12,14)/b7-6-. The predicted octanol–water partition coefficient (Wildman–Crippen LogP) is 1.07. The lowest BCUT2D eigenvalue weighted by Gasteiger charge is -2.05. The molecule has 4 nitrogen and oxygen atoms in total. The highest BCUT2D eigenvalue weighted by molar-refractivity contribution is 5.87. The third kappa shape index (κ3) is 3.18. The fourth-order valence-corrected chi connectivity index (χ4v) is 1.04. The smallest absolute Gasteiger partial charge is 0.243 e. The van der Waals surface area contributed by atoms with Gasteiger partial charge in [-0.2, -0.15) is 0 Å². The summed E-state index contributed by atoms with van der Waals surface area (Å²) in [5.41, 5.74) is 12.8. The summed E-state index contributed by atoms with van der Waals surface area (Å²) < 4.78 is 0. The first-order valence-corrected chi connectivity index (χ1v) is 4.18. The van der Waals surface area contributed by atoms with Crippen molar-refractivity contribution in [2.45, 2.75) is 6.92 Å². The summed E-state index contributed by atoms with van der Waals surface area (Å²) in [5, 5.41) is 3.01. The van der Waals surface area contributed by atoms with Crippen molar-refractivity contribution in [1.82, 2.24) is 0 Å². The number of amides is 1. The van der Waals surface area contributed by atoms with Gasteiger partial charge in [0.05, 0.1) is 0 Å². The maximum atomic E-state index is 10.5. The van der Waals surface area contributed by atoms with Crippen molar-refractivity contribution in [1.29, 1.82) is 0 Å². The molecule has 0 spiro atoms. The van der Waals surface area contributed by atoms with E-state index in [9.17, 15) is 4.79 Å². The molecule has 0 heterocycles. The van der Waals surface area contributed by atoms with Gasteiger partial charge in [-0.3, -0.25) is 4.79 Å². The zero-order chi connectivity index (χ0) is 10.6. The molecule has 14 heavy (non-hydrogen) atoms. The Bertz CT molecular complexity index is 354. The van der Waals surface area contributed by atoms with Crippen molar-refractivity contribution in [3.63, 3.8) is 0 Å². The Morgan fingerprint density at radius 3 is 2.43 bits per heavy atom. The van der Waals surface area contributed by atoms with Crippen molar-refractivity contribution < 1.29 is 4.79 Å². The fraction of sp³-hybridized carbons (Fsp3) is 0.100. The van der Waals surface area contributed by atoms with Crippen molar-refractivity contribution in [2.75, 3.05) is 11.1 Å². The minimum Gasteiger partial charge on any atom is -0.399 e. The molecule has 0 atom stereocenters. The van der Waals surface area contributed by atoms with Crippen molar-refractivity contribution >= 4 is 17.3 Å². The quantitative estimate of drug-likeness (QED) is 0.493. The van der Waals surface area contributed by atoms with E-state index in [1.165, 1.54) is 6.08 Å². The Morgan fingerprint density at radius 1 is 1.36 bits per heavy atom. The summed E-state index contributed by atoms with van der Waals surface area (Å²) in [4.78, 5) is 10.5. The first-order valence-electron chi connectivity index (χ1n) is 4.18. The molecule has 1 amide bonds. The van der Waals surface area contributed by atoms with Crippen LogP contribution in [0.5, 0.6) is 0 Å². The number of benzene rings is 1. The number of nitrogen functional groups attached to an aromatic ring is 1. The minimum absolute atomic E-state index is 0.467. The van der Waals surface area contributed by atoms with E-state index in [4.69, 9.17) is 11.5 Å². The van der Waals surface area contributed by atoms with Crippen LogP contribution in [0.1, 0.15) is 6.92 Å². The van der Waals surface area contributed by atoms with Gasteiger partial charge in [0.1, 0.15) is 0 Å². The Balaban J connectivity index is 2.69. The summed E-state index contributed by atoms with van der Waals surface area (Å²) in [7, 11) is 0. The van der Waals surface area contributed by atoms with Gasteiger partial charge >= 0.3 is 0 Å². The molecule has 0 unspecified atom stereocenters. The first-order chi connectivity index (χ1) is 6.58. The molecule has 5 N–H and O–H groups in total. The average molecular weight is 191 g/mol. The lowest BCUT2D eigenvalue weighted by Crippen LogP contribution is -2.09. The van der Waals surface area contributed by atoms with E-state index in [1.807, 2.05) is 12.1 Å². The molecule has 1 aromatic carbocycles. The van der Waals surface area contributed by atoms with E-state index in [2.05, 4.69) is 5.32 Å². The van der Waals surface area contributed by atoms with Crippen LogP contribution >= 0.6 is 0 Å². The fourth-order valence-electron chi connectivity index (χ4n) is 1.04. The highest BCUT2D eigenvalue weighted by Crippen LogP contribution is 2.12. The highest BCUT2D eigenvalue weighted by Gasteiger charge is 1.94. The normalized spacial score (nSPS) is 11.1. The van der Waals surface area contributed by atoms with Gasteiger partial charge in [0.25, 0.3) is 0 Å². The molecule has 0 aliphatic rings. The van der Waals surface area contributed by atoms with E-state index >= 15 is 0 Å². The van der Waals surface area contributed by atoms with Crippen molar-refractivity contribution in [2.24, 2.45) is 5.73 Å². The number of rotatable bonds is 3. The third-order valence-corrected chi connectivity index (χ3v) is 1.61. The molecule has 4 heteroatoms. The van der Waals surface area contributed by atoms with Gasteiger partial charge in [0, 0.05) is 23.1 Å². The average Bonchev–Trinajstić information content (AvgIpc) is 2.07. The van der Waals surface area contributed by atoms with E-state index in [1.54, 1.807) is 19.1 Å². The number of nitrogens with two attached hydrogens (primary N) is 2. The lowest BCUT2D eigenvalue weighted by atomic mass is 10.3. The van der Waals surface area contributed by atoms with Gasteiger partial charge in [-0.05, 0) is 31.2 Å². The van der Waals surface area contributed by atoms with E-state index in [-0.39, 0.29) is 0 Å². The van der Waals surface area contributed by atoms with Crippen LogP contribution in [-0.4, -0.2) is 5.91 Å². The summed E-state index contributed by atoms with van der Waals surface area (Å²) >= 11 is 0. The van der Waals surface area contributed by atoms with Crippen LogP contribution in [0.2, 0.25) is 0 Å². The van der Waals surface area contributed by atoms with Crippen molar-refractivity contribution in [3.05, 3.63) is 36.0 Å². The summed E-state index contributed by atoms with van der Waals surface area (Å²) in [6.45, 7) is 1.76. The summed E-state index contributed by atoms with van der Waals surface area (Å²) in [6, 6.07) is 7.21. The monoisotopic (exact) mass is 191 g/mol. The van der Waals surface area contributed by atoms with E-state index in [0.29, 0.717) is 11.4 Å². The molecule has 74 valence electrons. The number of allylic oxidation sites excluding steroid dienone is 1. The zero-order valence-corrected chi connectivity index (χ0v) is 7.95. The molecule has 0 saturated heterocycles. The second-order valence-electron chi connectivity index (χ2n) is 2.98. The van der Waals surface area contributed by atoms with Gasteiger partial charge in [-0.1, -0.05) is 0 Å². The Morgan fingerprint density at radius 2 is 1.93 bits per heavy atom. The largest absolute Gasteiger partial charge is 0.399 e. The second-order valence-corrected chi connectivity index (χ2v) is 2.98. The molecule has 0 radical (unpaired) electrons. The number of hydrogen-bond acceptors (Lipinski definition) is 3. The number of primary amides is 1. The second kappa shape index (κ2) is 4.32. The van der Waals surface area contributed by atoms with Crippen LogP contribution < -0.4 is 16.8 Å². The van der Waals surface area contributed by atoms with Crippen LogP contribution in [0.15, 0.2) is 36.0 Å². The maximum Gasteiger partial charge on any atom is 0.243 e. The maximum absolute atomic E-state index is 10.5. The van der Waals surface area contributed by atoms with Gasteiger partial charge in [0.15, 0.2) is 0 Å². The molecule has 0 aromatic heterocycles. The molecular weight excluding hydrogens is 178 g/mol. The molecule has 0 aliphatic carbocycles. The van der Waals surface area contributed by atoms with Crippen LogP contribution in [-0.2, 0) is 4.79 Å². The number of nitrogens with one attached hydrogen (secondary N) is 1. The number of carbonyl (C=O) groups excluding carboxylic acids is 1. The Labute approximate surface area is 82.6 Å². The predicted molar refractivity (Wildman–Crippen MR) is 57.4 cm³/mol. The zero-order valence-electron chi connectivity index (χ0n) is 7.95. The number of carbonyl (C=O) groups is 1. The van der Waals surface area contributed by atoms with Crippen LogP contribution in [0.3, 0.4) is 0 Å². The van der Waals surface area contributed by atoms with Gasteiger partial charge in [-0.15, -0.1) is 0 Å². The number of anilines is 2. The summed E-state index contributed by atoms with van der Waals surface area (Å²) in [5.74, 6) is -0.467. The highest BCUT2D eigenvalue weighted by atomic mass is 16.1. The molecule has 0 bridgehead atoms. The molecule has 1 rings (SSSR count). The Hall–Kier alpha value is -1.97. The van der Waals surface area contributed by atoms with E-state index < -0.39 is 5.91 Å². The topological polar surface area (TPSA) is 81.1 Å². The molecule has 0 saturated carbocycles. The molecule has 1 aromatic rings. The van der Waals surface area contributed by atoms with Crippen LogP contribution in [0.4, 0.5) is 11.4 Å². The van der Waals surface area contributed by atoms with Gasteiger partial charge < -0.3 is 16.8 Å². The minimum atomic E-state index is -0.467.